The lowest BCUT2D eigenvalue weighted by atomic mass is 10.1. The van der Waals surface area contributed by atoms with Gasteiger partial charge in [-0.15, -0.1) is 0 Å². The molecule has 7 nitrogen and oxygen atoms in total. The van der Waals surface area contributed by atoms with Crippen LogP contribution in [0.2, 0.25) is 5.02 Å². The summed E-state index contributed by atoms with van der Waals surface area (Å²) < 4.78 is 5.36. The van der Waals surface area contributed by atoms with Gasteiger partial charge in [-0.05, 0) is 42.7 Å². The molecule has 0 radical (unpaired) electrons. The monoisotopic (exact) mass is 412 g/mol. The Balaban J connectivity index is 1.66. The van der Waals surface area contributed by atoms with Crippen LogP contribution in [0.15, 0.2) is 36.5 Å². The molecular formula is C21H21ClN4O3. The van der Waals surface area contributed by atoms with Crippen LogP contribution in [0.5, 0.6) is 5.75 Å². The van der Waals surface area contributed by atoms with Gasteiger partial charge in [0.1, 0.15) is 11.4 Å². The van der Waals surface area contributed by atoms with Crippen LogP contribution in [-0.4, -0.2) is 46.3 Å². The molecule has 3 aromatic rings. The Morgan fingerprint density at radius 3 is 2.90 bits per heavy atom. The molecule has 29 heavy (non-hydrogen) atoms. The summed E-state index contributed by atoms with van der Waals surface area (Å²) in [5, 5.41) is 14.1. The van der Waals surface area contributed by atoms with E-state index in [1.165, 1.54) is 4.90 Å². The number of aryl methyl sites for hydroxylation is 1. The molecule has 1 aliphatic rings. The standard InChI is InChI=1S/C21H21ClN4O3/c1-12-9-14(10-18(29-2)19(12)22)24-16-3-6-23-20-15(16)11-17(25-20)13-4-7-26(8-5-13)21(27)28/h3-4,6,9-11H,5,7-8H2,1-2H3,(H,27,28)(H2,23,24,25). The molecular weight excluding hydrogens is 392 g/mol. The van der Waals surface area contributed by atoms with Gasteiger partial charge in [-0.25, -0.2) is 9.78 Å². The second-order valence-corrected chi connectivity index (χ2v) is 7.32. The number of hydrogen-bond acceptors (Lipinski definition) is 4. The van der Waals surface area contributed by atoms with Gasteiger partial charge >= 0.3 is 6.09 Å². The maximum absolute atomic E-state index is 11.1. The maximum Gasteiger partial charge on any atom is 0.407 e. The number of anilines is 2. The van der Waals surface area contributed by atoms with Crippen molar-refractivity contribution in [2.75, 3.05) is 25.5 Å². The topological polar surface area (TPSA) is 90.5 Å². The highest BCUT2D eigenvalue weighted by molar-refractivity contribution is 6.33. The number of methoxy groups -OCH3 is 1. The fourth-order valence-corrected chi connectivity index (χ4v) is 3.70. The Morgan fingerprint density at radius 1 is 1.38 bits per heavy atom. The molecule has 2 aromatic heterocycles. The number of aromatic nitrogens is 2. The summed E-state index contributed by atoms with van der Waals surface area (Å²) in [6, 6.07) is 7.79. The van der Waals surface area contributed by atoms with Crippen molar-refractivity contribution >= 4 is 45.7 Å². The Hall–Kier alpha value is -3.19. The van der Waals surface area contributed by atoms with Crippen molar-refractivity contribution in [3.05, 3.63) is 52.8 Å². The van der Waals surface area contributed by atoms with E-state index >= 15 is 0 Å². The molecule has 0 bridgehead atoms. The summed E-state index contributed by atoms with van der Waals surface area (Å²) in [6.45, 7) is 2.81. The normalized spacial score (nSPS) is 14.0. The summed E-state index contributed by atoms with van der Waals surface area (Å²) in [5.74, 6) is 0.615. The van der Waals surface area contributed by atoms with Crippen LogP contribution in [0.25, 0.3) is 16.6 Å². The molecule has 1 aromatic carbocycles. The lowest BCUT2D eigenvalue weighted by Gasteiger charge is -2.23. The zero-order valence-electron chi connectivity index (χ0n) is 16.1. The van der Waals surface area contributed by atoms with Gasteiger partial charge in [0.25, 0.3) is 0 Å². The highest BCUT2D eigenvalue weighted by Gasteiger charge is 2.18. The van der Waals surface area contributed by atoms with Crippen LogP contribution in [0.1, 0.15) is 17.7 Å². The number of amides is 1. The van der Waals surface area contributed by atoms with Crippen molar-refractivity contribution in [2.45, 2.75) is 13.3 Å². The molecule has 4 rings (SSSR count). The summed E-state index contributed by atoms with van der Waals surface area (Å²) >= 11 is 6.27. The van der Waals surface area contributed by atoms with Gasteiger partial charge in [0.15, 0.2) is 0 Å². The van der Waals surface area contributed by atoms with E-state index in [1.54, 1.807) is 13.3 Å². The summed E-state index contributed by atoms with van der Waals surface area (Å²) in [7, 11) is 1.59. The van der Waals surface area contributed by atoms with Crippen LogP contribution in [-0.2, 0) is 0 Å². The first-order valence-corrected chi connectivity index (χ1v) is 9.60. The predicted octanol–water partition coefficient (Wildman–Crippen LogP) is 5.04. The quantitative estimate of drug-likeness (QED) is 0.558. The Kier molecular flexibility index (Phi) is 5.07. The van der Waals surface area contributed by atoms with E-state index in [-0.39, 0.29) is 0 Å². The predicted molar refractivity (Wildman–Crippen MR) is 114 cm³/mol. The molecule has 0 atom stereocenters. The molecule has 3 heterocycles. The number of carbonyl (C=O) groups is 1. The minimum atomic E-state index is -0.890. The number of H-pyrrole nitrogens is 1. The van der Waals surface area contributed by atoms with Gasteiger partial charge in [0.05, 0.1) is 17.8 Å². The zero-order chi connectivity index (χ0) is 20.5. The first kappa shape index (κ1) is 19.1. The third-order valence-corrected chi connectivity index (χ3v) is 5.56. The average molecular weight is 413 g/mol. The molecule has 0 saturated carbocycles. The zero-order valence-corrected chi connectivity index (χ0v) is 16.9. The van der Waals surface area contributed by atoms with Gasteiger partial charge in [0.2, 0.25) is 0 Å². The minimum absolute atomic E-state index is 0.391. The molecule has 0 unspecified atom stereocenters. The number of nitrogens with one attached hydrogen (secondary N) is 2. The first-order chi connectivity index (χ1) is 14.0. The molecule has 1 amide bonds. The van der Waals surface area contributed by atoms with Crippen LogP contribution < -0.4 is 10.1 Å². The number of pyridine rings is 1. The lowest BCUT2D eigenvalue weighted by molar-refractivity contribution is 0.150. The van der Waals surface area contributed by atoms with Gasteiger partial charge in [0, 0.05) is 42.1 Å². The van der Waals surface area contributed by atoms with Crippen molar-refractivity contribution in [2.24, 2.45) is 0 Å². The number of benzene rings is 1. The smallest absolute Gasteiger partial charge is 0.407 e. The summed E-state index contributed by atoms with van der Waals surface area (Å²) in [4.78, 5) is 20.3. The molecule has 0 spiro atoms. The minimum Gasteiger partial charge on any atom is -0.495 e. The van der Waals surface area contributed by atoms with Gasteiger partial charge in [-0.1, -0.05) is 17.7 Å². The fraction of sp³-hybridized carbons (Fsp3) is 0.238. The molecule has 8 heteroatoms. The van der Waals surface area contributed by atoms with Crippen molar-refractivity contribution in [1.29, 1.82) is 0 Å². The van der Waals surface area contributed by atoms with E-state index in [0.717, 1.165) is 39.2 Å². The fourth-order valence-electron chi connectivity index (χ4n) is 3.51. The van der Waals surface area contributed by atoms with Crippen LogP contribution in [0.4, 0.5) is 16.2 Å². The van der Waals surface area contributed by atoms with Crippen LogP contribution >= 0.6 is 11.6 Å². The van der Waals surface area contributed by atoms with Gasteiger partial charge < -0.3 is 25.0 Å². The number of ether oxygens (including phenoxy) is 1. The van der Waals surface area contributed by atoms with E-state index in [2.05, 4.69) is 15.3 Å². The number of aromatic amines is 1. The third-order valence-electron chi connectivity index (χ3n) is 5.08. The number of rotatable bonds is 4. The van der Waals surface area contributed by atoms with Crippen LogP contribution in [0.3, 0.4) is 0 Å². The second-order valence-electron chi connectivity index (χ2n) is 6.95. The summed E-state index contributed by atoms with van der Waals surface area (Å²) in [6.07, 6.45) is 3.46. The molecule has 0 fully saturated rings. The Bertz CT molecular complexity index is 1120. The largest absolute Gasteiger partial charge is 0.495 e. The molecule has 150 valence electrons. The Morgan fingerprint density at radius 2 is 2.21 bits per heavy atom. The SMILES string of the molecule is COc1cc(Nc2ccnc3[nH]c(C4=CCN(C(=O)O)CC4)cc23)cc(C)c1Cl. The van der Waals surface area contributed by atoms with Gasteiger partial charge in [-0.3, -0.25) is 0 Å². The number of fused-ring (bicyclic) bond motifs is 1. The van der Waals surface area contributed by atoms with Crippen molar-refractivity contribution < 1.29 is 14.6 Å². The third kappa shape index (κ3) is 3.73. The molecule has 0 aliphatic carbocycles. The first-order valence-electron chi connectivity index (χ1n) is 9.22. The second kappa shape index (κ2) is 7.67. The van der Waals surface area contributed by atoms with E-state index in [4.69, 9.17) is 21.4 Å². The molecule has 1 aliphatic heterocycles. The number of carboxylic acid groups (broad SMARTS) is 1. The number of hydrogen-bond donors (Lipinski definition) is 3. The average Bonchev–Trinajstić information content (AvgIpc) is 3.16. The summed E-state index contributed by atoms with van der Waals surface area (Å²) in [5.41, 5.74) is 5.51. The van der Waals surface area contributed by atoms with E-state index in [1.807, 2.05) is 37.3 Å². The highest BCUT2D eigenvalue weighted by Crippen LogP contribution is 2.35. The Labute approximate surface area is 173 Å². The lowest BCUT2D eigenvalue weighted by Crippen LogP contribution is -2.33. The molecule has 0 saturated heterocycles. The van der Waals surface area contributed by atoms with Crippen molar-refractivity contribution in [1.82, 2.24) is 14.9 Å². The number of halogens is 1. The van der Waals surface area contributed by atoms with E-state index in [9.17, 15) is 4.79 Å². The van der Waals surface area contributed by atoms with Crippen LogP contribution in [0, 0.1) is 6.92 Å². The van der Waals surface area contributed by atoms with E-state index in [0.29, 0.717) is 30.3 Å². The van der Waals surface area contributed by atoms with E-state index < -0.39 is 6.09 Å². The van der Waals surface area contributed by atoms with Gasteiger partial charge in [-0.2, -0.15) is 0 Å². The highest BCUT2D eigenvalue weighted by atomic mass is 35.5. The number of nitrogens with zero attached hydrogens (tertiary/aromatic N) is 2. The van der Waals surface area contributed by atoms with Crippen molar-refractivity contribution in [3.63, 3.8) is 0 Å². The maximum atomic E-state index is 11.1. The molecule has 3 N–H and O–H groups in total. The van der Waals surface area contributed by atoms with Crippen molar-refractivity contribution in [3.8, 4) is 5.75 Å².